The minimum atomic E-state index is -3.66. The van der Waals surface area contributed by atoms with E-state index < -0.39 is 38.6 Å². The van der Waals surface area contributed by atoms with E-state index in [1.165, 1.54) is 20.8 Å². The Morgan fingerprint density at radius 3 is 2.28 bits per heavy atom. The summed E-state index contributed by atoms with van der Waals surface area (Å²) in [5.41, 5.74) is 0.807. The molecule has 1 N–H and O–H groups in total. The molecule has 0 heterocycles. The van der Waals surface area contributed by atoms with Gasteiger partial charge in [-0.3, -0.25) is 4.79 Å². The molecule has 0 fully saturated rings. The average molecular weight is 388 g/mol. The van der Waals surface area contributed by atoms with Crippen LogP contribution < -0.4 is 5.32 Å². The van der Waals surface area contributed by atoms with Gasteiger partial charge in [0.05, 0.1) is 9.65 Å². The third-order valence-electron chi connectivity index (χ3n) is 3.40. The van der Waals surface area contributed by atoms with Crippen LogP contribution in [0.25, 0.3) is 0 Å². The van der Waals surface area contributed by atoms with Gasteiger partial charge in [-0.15, -0.1) is 0 Å². The number of halogens is 1. The van der Waals surface area contributed by atoms with E-state index in [9.17, 15) is 18.0 Å². The Bertz CT molecular complexity index is 738. The van der Waals surface area contributed by atoms with Crippen molar-refractivity contribution in [2.24, 2.45) is 0 Å². The van der Waals surface area contributed by atoms with Crippen LogP contribution in [0.4, 0.5) is 4.79 Å². The van der Waals surface area contributed by atoms with Gasteiger partial charge in [-0.05, 0) is 37.9 Å². The van der Waals surface area contributed by atoms with Crippen molar-refractivity contribution in [2.45, 2.75) is 38.0 Å². The summed E-state index contributed by atoms with van der Waals surface area (Å²) in [6.45, 7) is 7.53. The molecule has 0 radical (unpaired) electrons. The predicted octanol–water partition coefficient (Wildman–Crippen LogP) is 2.82. The minimum absolute atomic E-state index is 0.194. The van der Waals surface area contributed by atoms with Crippen LogP contribution in [0.15, 0.2) is 41.8 Å². The van der Waals surface area contributed by atoms with Gasteiger partial charge in [0.1, 0.15) is 12.6 Å². The van der Waals surface area contributed by atoms with E-state index in [-0.39, 0.29) is 11.3 Å². The number of amides is 1. The third-order valence-corrected chi connectivity index (χ3v) is 6.15. The van der Waals surface area contributed by atoms with Gasteiger partial charge in [-0.2, -0.15) is 0 Å². The molecular weight excluding hydrogens is 366 g/mol. The van der Waals surface area contributed by atoms with Gasteiger partial charge in [0, 0.05) is 6.42 Å². The molecule has 1 aromatic carbocycles. The molecule has 0 saturated carbocycles. The molecule has 0 aliphatic carbocycles. The number of alkyl carbamates (subject to hydrolysis) is 1. The number of benzene rings is 1. The largest absolute Gasteiger partial charge is 0.444 e. The molecule has 0 aromatic heterocycles. The summed E-state index contributed by atoms with van der Waals surface area (Å²) in [5, 5.41) is 1.58. The monoisotopic (exact) mass is 387 g/mol. The highest BCUT2D eigenvalue weighted by atomic mass is 35.5. The van der Waals surface area contributed by atoms with Gasteiger partial charge in [0.25, 0.3) is 0 Å². The number of hydrogen-bond acceptors (Lipinski definition) is 5. The first-order chi connectivity index (χ1) is 11.4. The van der Waals surface area contributed by atoms with Crippen molar-refractivity contribution in [2.75, 3.05) is 6.61 Å². The standard InChI is InChI=1S/C17H22ClNO5S/c1-12(25(22,23)17(2,3)4)11-24-16(21)19-14(15(18)20)10-13-8-6-5-7-9-13/h5-9,14H,1,10-11H2,2-4H3,(H,19,21)/t14-/m0/s1. The maximum Gasteiger partial charge on any atom is 0.408 e. The Balaban J connectivity index is 2.65. The lowest BCUT2D eigenvalue weighted by Crippen LogP contribution is -2.41. The number of nitrogens with one attached hydrogen (secondary N) is 1. The molecule has 0 aliphatic heterocycles. The number of sulfone groups is 1. The lowest BCUT2D eigenvalue weighted by atomic mass is 10.1. The highest BCUT2D eigenvalue weighted by molar-refractivity contribution is 7.96. The predicted molar refractivity (Wildman–Crippen MR) is 97.1 cm³/mol. The number of hydrogen-bond donors (Lipinski definition) is 1. The van der Waals surface area contributed by atoms with E-state index in [2.05, 4.69) is 11.9 Å². The summed E-state index contributed by atoms with van der Waals surface area (Å²) >= 11 is 5.51. The first-order valence-electron chi connectivity index (χ1n) is 7.54. The quantitative estimate of drug-likeness (QED) is 0.726. The first kappa shape index (κ1) is 21.2. The van der Waals surface area contributed by atoms with Gasteiger partial charge in [0.15, 0.2) is 9.84 Å². The lowest BCUT2D eigenvalue weighted by Gasteiger charge is -2.21. The molecule has 0 spiro atoms. The van der Waals surface area contributed by atoms with E-state index >= 15 is 0 Å². The van der Waals surface area contributed by atoms with Crippen LogP contribution in [-0.4, -0.2) is 37.1 Å². The smallest absolute Gasteiger partial charge is 0.408 e. The van der Waals surface area contributed by atoms with Crippen molar-refractivity contribution in [1.82, 2.24) is 5.32 Å². The second-order valence-electron chi connectivity index (χ2n) is 6.42. The lowest BCUT2D eigenvalue weighted by molar-refractivity contribution is -0.113. The zero-order valence-electron chi connectivity index (χ0n) is 14.4. The Labute approximate surface area is 153 Å². The number of ether oxygens (including phenoxy) is 1. The molecular formula is C17H22ClNO5S. The second kappa shape index (κ2) is 8.49. The second-order valence-corrected chi connectivity index (χ2v) is 9.60. The third kappa shape index (κ3) is 6.17. The molecule has 25 heavy (non-hydrogen) atoms. The molecule has 0 bridgehead atoms. The van der Waals surface area contributed by atoms with Crippen molar-refractivity contribution in [1.29, 1.82) is 0 Å². The Morgan fingerprint density at radius 1 is 1.24 bits per heavy atom. The Morgan fingerprint density at radius 2 is 1.80 bits per heavy atom. The van der Waals surface area contributed by atoms with Crippen LogP contribution in [0, 0.1) is 0 Å². The summed E-state index contributed by atoms with van der Waals surface area (Å²) < 4.78 is 28.1. The number of carbonyl (C=O) groups excluding carboxylic acids is 2. The molecule has 1 amide bonds. The zero-order chi connectivity index (χ0) is 19.3. The van der Waals surface area contributed by atoms with Gasteiger partial charge in [0.2, 0.25) is 5.24 Å². The topological polar surface area (TPSA) is 89.5 Å². The van der Waals surface area contributed by atoms with Crippen LogP contribution in [0.3, 0.4) is 0 Å². The van der Waals surface area contributed by atoms with Gasteiger partial charge >= 0.3 is 6.09 Å². The van der Waals surface area contributed by atoms with Gasteiger partial charge in [-0.1, -0.05) is 36.9 Å². The van der Waals surface area contributed by atoms with E-state index in [0.717, 1.165) is 5.56 Å². The van der Waals surface area contributed by atoms with Crippen molar-refractivity contribution in [3.63, 3.8) is 0 Å². The van der Waals surface area contributed by atoms with E-state index in [0.29, 0.717) is 0 Å². The molecule has 1 rings (SSSR count). The van der Waals surface area contributed by atoms with E-state index in [1.54, 1.807) is 24.3 Å². The summed E-state index contributed by atoms with van der Waals surface area (Å²) in [6, 6.07) is 8.01. The van der Waals surface area contributed by atoms with E-state index in [1.807, 2.05) is 6.07 Å². The molecule has 0 unspecified atom stereocenters. The molecule has 138 valence electrons. The molecule has 1 atom stereocenters. The Kier molecular flexibility index (Phi) is 7.19. The van der Waals surface area contributed by atoms with Crippen LogP contribution in [0.1, 0.15) is 26.3 Å². The summed E-state index contributed by atoms with van der Waals surface area (Å²) in [4.78, 5) is 23.1. The normalized spacial score (nSPS) is 13.0. The molecule has 0 aliphatic rings. The van der Waals surface area contributed by atoms with Crippen molar-refractivity contribution in [3.05, 3.63) is 47.4 Å². The van der Waals surface area contributed by atoms with Crippen LogP contribution in [0.5, 0.6) is 0 Å². The van der Waals surface area contributed by atoms with Crippen molar-refractivity contribution < 1.29 is 22.7 Å². The summed E-state index contributed by atoms with van der Waals surface area (Å²) in [7, 11) is -3.66. The molecule has 0 saturated heterocycles. The fourth-order valence-electron chi connectivity index (χ4n) is 1.88. The fraction of sp³-hybridized carbons (Fsp3) is 0.412. The SMILES string of the molecule is C=C(COC(=O)N[C@@H](Cc1ccccc1)C(=O)Cl)S(=O)(=O)C(C)(C)C. The maximum atomic E-state index is 12.1. The zero-order valence-corrected chi connectivity index (χ0v) is 16.0. The fourth-order valence-corrected chi connectivity index (χ4v) is 3.09. The maximum absolute atomic E-state index is 12.1. The highest BCUT2D eigenvalue weighted by Gasteiger charge is 2.32. The highest BCUT2D eigenvalue weighted by Crippen LogP contribution is 2.22. The Hall–Kier alpha value is -1.86. The number of rotatable bonds is 7. The van der Waals surface area contributed by atoms with Crippen molar-refractivity contribution >= 4 is 32.8 Å². The van der Waals surface area contributed by atoms with Gasteiger partial charge < -0.3 is 10.1 Å². The van der Waals surface area contributed by atoms with Crippen molar-refractivity contribution in [3.8, 4) is 0 Å². The first-order valence-corrected chi connectivity index (χ1v) is 9.40. The molecule has 6 nitrogen and oxygen atoms in total. The summed E-state index contributed by atoms with van der Waals surface area (Å²) in [6.07, 6.45) is -0.750. The average Bonchev–Trinajstić information content (AvgIpc) is 2.51. The minimum Gasteiger partial charge on any atom is -0.444 e. The summed E-state index contributed by atoms with van der Waals surface area (Å²) in [5.74, 6) is 0. The molecule has 8 heteroatoms. The molecule has 1 aromatic rings. The van der Waals surface area contributed by atoms with E-state index in [4.69, 9.17) is 16.3 Å². The van der Waals surface area contributed by atoms with Crippen LogP contribution in [-0.2, 0) is 25.8 Å². The number of carbonyl (C=O) groups is 2. The van der Waals surface area contributed by atoms with Crippen LogP contribution in [0.2, 0.25) is 0 Å². The van der Waals surface area contributed by atoms with Crippen LogP contribution >= 0.6 is 11.6 Å². The van der Waals surface area contributed by atoms with Gasteiger partial charge in [-0.25, -0.2) is 13.2 Å².